The van der Waals surface area contributed by atoms with Gasteiger partial charge in [-0.05, 0) is 0 Å². The van der Waals surface area contributed by atoms with Crippen LogP contribution in [0, 0.1) is 0 Å². The molecule has 1 aliphatic rings. The summed E-state index contributed by atoms with van der Waals surface area (Å²) in [7, 11) is 2.50. The summed E-state index contributed by atoms with van der Waals surface area (Å²) < 4.78 is 70.6. The summed E-state index contributed by atoms with van der Waals surface area (Å²) in [5.41, 5.74) is -3.84. The summed E-state index contributed by atoms with van der Waals surface area (Å²) in [6, 6.07) is 0. The molecule has 13 heteroatoms. The van der Waals surface area contributed by atoms with Crippen molar-refractivity contribution in [1.29, 1.82) is 0 Å². The van der Waals surface area contributed by atoms with Crippen LogP contribution in [0.3, 0.4) is 0 Å². The Labute approximate surface area is 166 Å². The van der Waals surface area contributed by atoms with Crippen molar-refractivity contribution in [2.45, 2.75) is 24.7 Å². The van der Waals surface area contributed by atoms with Crippen LogP contribution >= 0.6 is 11.3 Å². The minimum absolute atomic E-state index is 0.0108. The van der Waals surface area contributed by atoms with Gasteiger partial charge in [0.2, 0.25) is 11.8 Å². The highest BCUT2D eigenvalue weighted by molar-refractivity contribution is 7.16. The van der Waals surface area contributed by atoms with Crippen LogP contribution in [0.15, 0.2) is 6.33 Å². The number of alkyl halides is 4. The van der Waals surface area contributed by atoms with Gasteiger partial charge in [0.25, 0.3) is 5.91 Å². The fourth-order valence-corrected chi connectivity index (χ4v) is 3.93. The summed E-state index contributed by atoms with van der Waals surface area (Å²) in [4.78, 5) is 23.0. The molecule has 0 aliphatic carbocycles. The van der Waals surface area contributed by atoms with E-state index in [9.17, 15) is 18.0 Å². The second-order valence-electron chi connectivity index (χ2n) is 5.99. The highest BCUT2D eigenvalue weighted by Gasteiger charge is 2.47. The molecule has 158 valence electrons. The van der Waals surface area contributed by atoms with Gasteiger partial charge < -0.3 is 14.2 Å². The zero-order chi connectivity index (χ0) is 21.2. The van der Waals surface area contributed by atoms with Crippen molar-refractivity contribution in [2.75, 3.05) is 32.8 Å². The van der Waals surface area contributed by atoms with Crippen LogP contribution in [0.4, 0.5) is 22.7 Å². The Morgan fingerprint density at radius 1 is 1.21 bits per heavy atom. The van der Waals surface area contributed by atoms with Crippen molar-refractivity contribution in [2.24, 2.45) is 0 Å². The standard InChI is InChI=1S/C16H16F4N4O4S/c1-26-12-8(13(27-2)22-7-21-12)11(25)24-14-23-9(16(18,19)20)10(29-14)15(17)3-5-28-6-4-15/h7H,3-6H2,1-2H3,(H,23,24,25). The maximum atomic E-state index is 15.2. The quantitative estimate of drug-likeness (QED) is 0.719. The maximum Gasteiger partial charge on any atom is 0.434 e. The van der Waals surface area contributed by atoms with Crippen LogP contribution in [0.5, 0.6) is 11.8 Å². The lowest BCUT2D eigenvalue weighted by molar-refractivity contribution is -0.143. The fourth-order valence-electron chi connectivity index (χ4n) is 2.81. The molecule has 0 radical (unpaired) electrons. The van der Waals surface area contributed by atoms with Crippen LogP contribution in [0.2, 0.25) is 0 Å². The number of ether oxygens (including phenoxy) is 3. The van der Waals surface area contributed by atoms with Gasteiger partial charge in [0.15, 0.2) is 22.1 Å². The van der Waals surface area contributed by atoms with Crippen molar-refractivity contribution < 1.29 is 36.6 Å². The number of rotatable bonds is 5. The molecular weight excluding hydrogens is 420 g/mol. The molecule has 0 spiro atoms. The number of nitrogens with zero attached hydrogens (tertiary/aromatic N) is 3. The number of hydrogen-bond acceptors (Lipinski definition) is 8. The van der Waals surface area contributed by atoms with E-state index in [1.54, 1.807) is 0 Å². The minimum atomic E-state index is -4.89. The van der Waals surface area contributed by atoms with Gasteiger partial charge in [-0.3, -0.25) is 10.1 Å². The number of carbonyl (C=O) groups excluding carboxylic acids is 1. The number of thiazole rings is 1. The highest BCUT2D eigenvalue weighted by Crippen LogP contribution is 2.47. The highest BCUT2D eigenvalue weighted by atomic mass is 32.1. The lowest BCUT2D eigenvalue weighted by atomic mass is 9.93. The van der Waals surface area contributed by atoms with E-state index in [2.05, 4.69) is 20.3 Å². The van der Waals surface area contributed by atoms with E-state index in [0.29, 0.717) is 11.3 Å². The van der Waals surface area contributed by atoms with E-state index in [0.717, 1.165) is 6.33 Å². The molecule has 8 nitrogen and oxygen atoms in total. The lowest BCUT2D eigenvalue weighted by Gasteiger charge is -2.29. The number of hydrogen-bond donors (Lipinski definition) is 1. The molecule has 3 heterocycles. The molecule has 29 heavy (non-hydrogen) atoms. The normalized spacial score (nSPS) is 16.3. The second-order valence-corrected chi connectivity index (χ2v) is 6.99. The Hall–Kier alpha value is -2.54. The van der Waals surface area contributed by atoms with E-state index >= 15 is 4.39 Å². The summed E-state index contributed by atoms with van der Waals surface area (Å²) in [6.45, 7) is -0.0215. The largest absolute Gasteiger partial charge is 0.480 e. The SMILES string of the molecule is COc1ncnc(OC)c1C(=O)Nc1nc(C(F)(F)F)c(C2(F)CCOCC2)s1. The summed E-state index contributed by atoms with van der Waals surface area (Å²) in [5, 5.41) is 1.81. The number of halogens is 4. The first-order valence-electron chi connectivity index (χ1n) is 8.29. The number of aromatic nitrogens is 3. The molecule has 1 saturated heterocycles. The van der Waals surface area contributed by atoms with Crippen LogP contribution < -0.4 is 14.8 Å². The van der Waals surface area contributed by atoms with Gasteiger partial charge in [-0.15, -0.1) is 0 Å². The zero-order valence-electron chi connectivity index (χ0n) is 15.3. The summed E-state index contributed by atoms with van der Waals surface area (Å²) >= 11 is 0.426. The van der Waals surface area contributed by atoms with Crippen molar-refractivity contribution in [3.8, 4) is 11.8 Å². The Kier molecular flexibility index (Phi) is 5.89. The van der Waals surface area contributed by atoms with Gasteiger partial charge >= 0.3 is 6.18 Å². The van der Waals surface area contributed by atoms with E-state index in [1.807, 2.05) is 0 Å². The third-order valence-corrected chi connectivity index (χ3v) is 5.35. The molecule has 0 saturated carbocycles. The van der Waals surface area contributed by atoms with E-state index in [4.69, 9.17) is 14.2 Å². The van der Waals surface area contributed by atoms with Crippen molar-refractivity contribution in [3.05, 3.63) is 22.5 Å². The number of amides is 1. The van der Waals surface area contributed by atoms with Gasteiger partial charge in [0, 0.05) is 26.1 Å². The molecule has 3 rings (SSSR count). The Balaban J connectivity index is 1.98. The average molecular weight is 436 g/mol. The molecule has 2 aromatic rings. The van der Waals surface area contributed by atoms with Crippen molar-refractivity contribution in [1.82, 2.24) is 15.0 Å². The number of carbonyl (C=O) groups is 1. The third-order valence-electron chi connectivity index (χ3n) is 4.20. The van der Waals surface area contributed by atoms with Gasteiger partial charge in [-0.25, -0.2) is 19.3 Å². The minimum Gasteiger partial charge on any atom is -0.480 e. The van der Waals surface area contributed by atoms with Crippen LogP contribution in [-0.2, 0) is 16.6 Å². The van der Waals surface area contributed by atoms with Crippen molar-refractivity contribution >= 4 is 22.4 Å². The first-order chi connectivity index (χ1) is 13.7. The molecule has 0 atom stereocenters. The first kappa shape index (κ1) is 21.2. The Bertz CT molecular complexity index is 877. The Morgan fingerprint density at radius 3 is 2.31 bits per heavy atom. The topological polar surface area (TPSA) is 95.5 Å². The summed E-state index contributed by atoms with van der Waals surface area (Å²) in [6.07, 6.45) is -4.27. The van der Waals surface area contributed by atoms with E-state index in [1.165, 1.54) is 14.2 Å². The molecule has 0 unspecified atom stereocenters. The number of nitrogens with one attached hydrogen (secondary N) is 1. The fraction of sp³-hybridized carbons (Fsp3) is 0.500. The van der Waals surface area contributed by atoms with Gasteiger partial charge in [0.05, 0.1) is 19.1 Å². The van der Waals surface area contributed by atoms with Crippen LogP contribution in [0.25, 0.3) is 0 Å². The number of anilines is 1. The zero-order valence-corrected chi connectivity index (χ0v) is 16.1. The summed E-state index contributed by atoms with van der Waals surface area (Å²) in [5.74, 6) is -1.20. The van der Waals surface area contributed by atoms with Crippen LogP contribution in [-0.4, -0.2) is 48.3 Å². The molecule has 1 aliphatic heterocycles. The Morgan fingerprint density at radius 2 is 1.79 bits per heavy atom. The molecule has 0 bridgehead atoms. The monoisotopic (exact) mass is 436 g/mol. The van der Waals surface area contributed by atoms with Crippen LogP contribution in [0.1, 0.15) is 33.8 Å². The number of methoxy groups -OCH3 is 2. The molecule has 1 fully saturated rings. The average Bonchev–Trinajstić information content (AvgIpc) is 3.13. The third kappa shape index (κ3) is 4.24. The predicted molar refractivity (Wildman–Crippen MR) is 93.0 cm³/mol. The molecular formula is C16H16F4N4O4S. The van der Waals surface area contributed by atoms with Gasteiger partial charge in [0.1, 0.15) is 6.33 Å². The predicted octanol–water partition coefficient (Wildman–Crippen LogP) is 3.20. The molecule has 0 aromatic carbocycles. The van der Waals surface area contributed by atoms with Gasteiger partial charge in [-0.1, -0.05) is 11.3 Å². The lowest BCUT2D eigenvalue weighted by Crippen LogP contribution is -2.30. The molecule has 1 amide bonds. The second kappa shape index (κ2) is 8.06. The van der Waals surface area contributed by atoms with Crippen molar-refractivity contribution in [3.63, 3.8) is 0 Å². The van der Waals surface area contributed by atoms with E-state index in [-0.39, 0.29) is 43.4 Å². The first-order valence-corrected chi connectivity index (χ1v) is 9.10. The van der Waals surface area contributed by atoms with E-state index < -0.39 is 33.5 Å². The molecule has 2 aromatic heterocycles. The van der Waals surface area contributed by atoms with Gasteiger partial charge in [-0.2, -0.15) is 13.2 Å². The molecule has 1 N–H and O–H groups in total. The smallest absolute Gasteiger partial charge is 0.434 e. The maximum absolute atomic E-state index is 15.2.